The first-order valence-electron chi connectivity index (χ1n) is 8.68. The number of alkyl halides is 2. The van der Waals surface area contributed by atoms with E-state index in [1.54, 1.807) is 11.3 Å². The van der Waals surface area contributed by atoms with Crippen LogP contribution in [0.4, 0.5) is 19.9 Å². The SMILES string of the molecule is Cc1ccc2sc(N3CCN(c4nc(C(F)F)cc(=O)[nH]4)CC3)nc2c1C. The van der Waals surface area contributed by atoms with Gasteiger partial charge in [-0.1, -0.05) is 17.4 Å². The Morgan fingerprint density at radius 1 is 1.11 bits per heavy atom. The highest BCUT2D eigenvalue weighted by Gasteiger charge is 2.23. The van der Waals surface area contributed by atoms with Gasteiger partial charge in [0.2, 0.25) is 5.95 Å². The van der Waals surface area contributed by atoms with Crippen molar-refractivity contribution in [3.05, 3.63) is 45.4 Å². The van der Waals surface area contributed by atoms with E-state index in [9.17, 15) is 13.6 Å². The standard InChI is InChI=1S/C18H19F2N5OS/c1-10-3-4-13-15(11(10)2)23-18(27-13)25-7-5-24(6-8-25)17-21-12(16(19)20)9-14(26)22-17/h3-4,9,16H,5-8H2,1-2H3,(H,21,22,26). The number of aryl methyl sites for hydroxylation is 2. The lowest BCUT2D eigenvalue weighted by Crippen LogP contribution is -2.47. The number of halogens is 2. The monoisotopic (exact) mass is 391 g/mol. The molecule has 0 unspecified atom stereocenters. The molecule has 2 aromatic heterocycles. The van der Waals surface area contributed by atoms with E-state index in [1.165, 1.54) is 11.1 Å². The third kappa shape index (κ3) is 3.39. The van der Waals surface area contributed by atoms with Gasteiger partial charge in [0.25, 0.3) is 12.0 Å². The summed E-state index contributed by atoms with van der Waals surface area (Å²) >= 11 is 1.66. The summed E-state index contributed by atoms with van der Waals surface area (Å²) in [6.45, 7) is 6.67. The zero-order chi connectivity index (χ0) is 19.1. The lowest BCUT2D eigenvalue weighted by Gasteiger charge is -2.34. The fourth-order valence-corrected chi connectivity index (χ4v) is 4.26. The molecule has 142 valence electrons. The fourth-order valence-electron chi connectivity index (χ4n) is 3.18. The number of nitrogens with zero attached hydrogens (tertiary/aromatic N) is 4. The molecule has 3 heterocycles. The van der Waals surface area contributed by atoms with Gasteiger partial charge < -0.3 is 9.80 Å². The van der Waals surface area contributed by atoms with Gasteiger partial charge in [0, 0.05) is 32.2 Å². The number of aromatic nitrogens is 3. The normalized spacial score (nSPS) is 15.1. The van der Waals surface area contributed by atoms with Crippen LogP contribution in [0.15, 0.2) is 23.0 Å². The van der Waals surface area contributed by atoms with Crippen molar-refractivity contribution in [1.82, 2.24) is 15.0 Å². The van der Waals surface area contributed by atoms with Crippen molar-refractivity contribution >= 4 is 32.6 Å². The van der Waals surface area contributed by atoms with E-state index >= 15 is 0 Å². The molecule has 0 saturated carbocycles. The third-order valence-corrected chi connectivity index (χ3v) is 5.98. The Morgan fingerprint density at radius 3 is 2.52 bits per heavy atom. The van der Waals surface area contributed by atoms with Crippen molar-refractivity contribution < 1.29 is 8.78 Å². The Balaban J connectivity index is 1.53. The quantitative estimate of drug-likeness (QED) is 0.742. The van der Waals surface area contributed by atoms with Crippen molar-refractivity contribution in [2.24, 2.45) is 0 Å². The molecule has 1 fully saturated rings. The summed E-state index contributed by atoms with van der Waals surface area (Å²) in [5.74, 6) is 0.202. The van der Waals surface area contributed by atoms with E-state index in [0.717, 1.165) is 21.4 Å². The van der Waals surface area contributed by atoms with Crippen LogP contribution in [0.25, 0.3) is 10.2 Å². The van der Waals surface area contributed by atoms with Crippen molar-refractivity contribution in [2.75, 3.05) is 36.0 Å². The summed E-state index contributed by atoms with van der Waals surface area (Å²) in [5.41, 5.74) is 2.40. The topological polar surface area (TPSA) is 65.1 Å². The van der Waals surface area contributed by atoms with Crippen molar-refractivity contribution in [3.63, 3.8) is 0 Å². The second-order valence-electron chi connectivity index (χ2n) is 6.62. The van der Waals surface area contributed by atoms with Crippen LogP contribution in [0.3, 0.4) is 0 Å². The second-order valence-corrected chi connectivity index (χ2v) is 7.63. The molecule has 0 amide bonds. The van der Waals surface area contributed by atoms with E-state index < -0.39 is 17.7 Å². The number of H-pyrrole nitrogens is 1. The number of hydrogen-bond acceptors (Lipinski definition) is 6. The molecule has 1 N–H and O–H groups in total. The minimum atomic E-state index is -2.76. The summed E-state index contributed by atoms with van der Waals surface area (Å²) in [7, 11) is 0. The number of benzene rings is 1. The summed E-state index contributed by atoms with van der Waals surface area (Å²) in [5, 5.41) is 0.959. The van der Waals surface area contributed by atoms with Crippen LogP contribution in [0.5, 0.6) is 0 Å². The molecule has 1 aliphatic rings. The molecule has 0 aliphatic carbocycles. The number of anilines is 2. The highest BCUT2D eigenvalue weighted by molar-refractivity contribution is 7.22. The van der Waals surface area contributed by atoms with Gasteiger partial charge in [0.1, 0.15) is 5.69 Å². The van der Waals surface area contributed by atoms with Crippen LogP contribution in [-0.2, 0) is 0 Å². The molecule has 0 radical (unpaired) electrons. The van der Waals surface area contributed by atoms with E-state index in [0.29, 0.717) is 26.2 Å². The average molecular weight is 391 g/mol. The lowest BCUT2D eigenvalue weighted by molar-refractivity contribution is 0.146. The average Bonchev–Trinajstić information content (AvgIpc) is 3.09. The predicted octanol–water partition coefficient (Wildman–Crippen LogP) is 3.26. The Labute approximate surface area is 158 Å². The van der Waals surface area contributed by atoms with Gasteiger partial charge in [-0.25, -0.2) is 18.7 Å². The van der Waals surface area contributed by atoms with Crippen LogP contribution in [0.1, 0.15) is 23.2 Å². The molecule has 1 aromatic carbocycles. The molecule has 1 aliphatic heterocycles. The molecule has 4 rings (SSSR count). The Hall–Kier alpha value is -2.55. The lowest BCUT2D eigenvalue weighted by atomic mass is 10.1. The van der Waals surface area contributed by atoms with Crippen LogP contribution >= 0.6 is 11.3 Å². The molecular formula is C18H19F2N5OS. The second kappa shape index (κ2) is 6.88. The molecule has 0 atom stereocenters. The molecule has 0 spiro atoms. The predicted molar refractivity (Wildman–Crippen MR) is 103 cm³/mol. The maximum absolute atomic E-state index is 12.9. The van der Waals surface area contributed by atoms with E-state index in [1.807, 2.05) is 4.90 Å². The minimum absolute atomic E-state index is 0.202. The van der Waals surface area contributed by atoms with Gasteiger partial charge >= 0.3 is 0 Å². The number of aromatic amines is 1. The number of piperazine rings is 1. The van der Waals surface area contributed by atoms with Crippen LogP contribution in [0.2, 0.25) is 0 Å². The smallest absolute Gasteiger partial charge is 0.280 e. The van der Waals surface area contributed by atoms with Crippen LogP contribution in [-0.4, -0.2) is 41.1 Å². The van der Waals surface area contributed by atoms with Crippen molar-refractivity contribution in [2.45, 2.75) is 20.3 Å². The van der Waals surface area contributed by atoms with Gasteiger partial charge in [0.15, 0.2) is 5.13 Å². The van der Waals surface area contributed by atoms with Gasteiger partial charge in [-0.05, 0) is 31.0 Å². The number of fused-ring (bicyclic) bond motifs is 1. The maximum atomic E-state index is 12.9. The van der Waals surface area contributed by atoms with E-state index in [4.69, 9.17) is 4.98 Å². The number of hydrogen-bond donors (Lipinski definition) is 1. The Bertz CT molecular complexity index is 1040. The Morgan fingerprint density at radius 2 is 1.81 bits per heavy atom. The van der Waals surface area contributed by atoms with Gasteiger partial charge in [-0.15, -0.1) is 0 Å². The summed E-state index contributed by atoms with van der Waals surface area (Å²) in [6, 6.07) is 5.05. The highest BCUT2D eigenvalue weighted by Crippen LogP contribution is 2.32. The first kappa shape index (κ1) is 17.8. The molecule has 27 heavy (non-hydrogen) atoms. The molecule has 6 nitrogen and oxygen atoms in total. The van der Waals surface area contributed by atoms with Crippen molar-refractivity contribution in [1.29, 1.82) is 0 Å². The zero-order valence-electron chi connectivity index (χ0n) is 15.0. The summed E-state index contributed by atoms with van der Waals surface area (Å²) < 4.78 is 26.9. The van der Waals surface area contributed by atoms with Crippen LogP contribution < -0.4 is 15.4 Å². The number of rotatable bonds is 3. The van der Waals surface area contributed by atoms with Gasteiger partial charge in [-0.3, -0.25) is 9.78 Å². The molecular weight excluding hydrogens is 372 g/mol. The first-order chi connectivity index (χ1) is 12.9. The molecule has 9 heteroatoms. The molecule has 0 bridgehead atoms. The zero-order valence-corrected chi connectivity index (χ0v) is 15.8. The number of thiazole rings is 1. The maximum Gasteiger partial charge on any atom is 0.280 e. The van der Waals surface area contributed by atoms with E-state index in [-0.39, 0.29) is 5.95 Å². The van der Waals surface area contributed by atoms with Crippen LogP contribution in [0, 0.1) is 13.8 Å². The minimum Gasteiger partial charge on any atom is -0.345 e. The molecule has 3 aromatic rings. The van der Waals surface area contributed by atoms with E-state index in [2.05, 4.69) is 40.8 Å². The van der Waals surface area contributed by atoms with Gasteiger partial charge in [-0.2, -0.15) is 0 Å². The summed E-state index contributed by atoms with van der Waals surface area (Å²) in [6.07, 6.45) is -2.76. The number of nitrogens with one attached hydrogen (secondary N) is 1. The fraction of sp³-hybridized carbons (Fsp3) is 0.389. The van der Waals surface area contributed by atoms with Crippen molar-refractivity contribution in [3.8, 4) is 0 Å². The molecule has 1 saturated heterocycles. The largest absolute Gasteiger partial charge is 0.345 e. The first-order valence-corrected chi connectivity index (χ1v) is 9.50. The van der Waals surface area contributed by atoms with Gasteiger partial charge in [0.05, 0.1) is 10.2 Å². The Kier molecular flexibility index (Phi) is 4.55. The third-order valence-electron chi connectivity index (χ3n) is 4.90. The highest BCUT2D eigenvalue weighted by atomic mass is 32.1. The summed E-state index contributed by atoms with van der Waals surface area (Å²) in [4.78, 5) is 26.9.